The van der Waals surface area contributed by atoms with Crippen molar-refractivity contribution in [2.75, 3.05) is 31.6 Å². The van der Waals surface area contributed by atoms with Crippen molar-refractivity contribution in [3.8, 4) is 11.5 Å². The second-order valence-corrected chi connectivity index (χ2v) is 7.12. The zero-order valence-corrected chi connectivity index (χ0v) is 16.2. The number of benzene rings is 1. The highest BCUT2D eigenvalue weighted by molar-refractivity contribution is 7.11. The molecule has 2 N–H and O–H groups in total. The molecule has 26 heavy (non-hydrogen) atoms. The number of nitrogens with one attached hydrogen (secondary N) is 2. The highest BCUT2D eigenvalue weighted by atomic mass is 32.1. The Balaban J connectivity index is 1.62. The first-order chi connectivity index (χ1) is 12.8. The van der Waals surface area contributed by atoms with E-state index in [1.165, 1.54) is 4.88 Å². The highest BCUT2D eigenvalue weighted by Crippen LogP contribution is 2.32. The number of thiazole rings is 1. The fourth-order valence-electron chi connectivity index (χ4n) is 2.58. The Hall–Kier alpha value is -2.28. The number of hydrogen-bond acceptors (Lipinski definition) is 5. The van der Waals surface area contributed by atoms with Crippen LogP contribution in [0.15, 0.2) is 29.4 Å². The number of nitrogens with zero attached hydrogens (tertiary/aromatic N) is 2. The molecule has 2 heterocycles. The van der Waals surface area contributed by atoms with Gasteiger partial charge in [0.25, 0.3) is 0 Å². The van der Waals surface area contributed by atoms with Gasteiger partial charge in [0.15, 0.2) is 17.5 Å². The van der Waals surface area contributed by atoms with Crippen LogP contribution in [0.3, 0.4) is 0 Å². The maximum atomic E-state index is 5.75. The summed E-state index contributed by atoms with van der Waals surface area (Å²) in [7, 11) is 0. The molecule has 0 saturated heterocycles. The molecule has 6 nitrogen and oxygen atoms in total. The molecule has 3 rings (SSSR count). The van der Waals surface area contributed by atoms with Crippen LogP contribution in [0.5, 0.6) is 11.5 Å². The summed E-state index contributed by atoms with van der Waals surface area (Å²) in [5.41, 5.74) is 0.927. The van der Waals surface area contributed by atoms with Crippen LogP contribution in [0.2, 0.25) is 0 Å². The number of rotatable bonds is 6. The van der Waals surface area contributed by atoms with Crippen molar-refractivity contribution in [3.63, 3.8) is 0 Å². The predicted molar refractivity (Wildman–Crippen MR) is 107 cm³/mol. The lowest BCUT2D eigenvalue weighted by Crippen LogP contribution is -2.30. The average Bonchev–Trinajstić information content (AvgIpc) is 2.98. The van der Waals surface area contributed by atoms with Gasteiger partial charge in [0.05, 0.1) is 18.2 Å². The lowest BCUT2D eigenvalue weighted by molar-refractivity contribution is 0.297. The molecule has 140 valence electrons. The van der Waals surface area contributed by atoms with Gasteiger partial charge in [0, 0.05) is 48.8 Å². The number of ether oxygens (including phenoxy) is 2. The lowest BCUT2D eigenvalue weighted by atomic mass is 10.3. The molecule has 7 heteroatoms. The van der Waals surface area contributed by atoms with E-state index in [2.05, 4.69) is 34.5 Å². The van der Waals surface area contributed by atoms with Crippen molar-refractivity contribution in [2.45, 2.75) is 33.1 Å². The summed E-state index contributed by atoms with van der Waals surface area (Å²) < 4.78 is 11.4. The summed E-state index contributed by atoms with van der Waals surface area (Å²) >= 11 is 1.77. The number of aryl methyl sites for hydroxylation is 1. The fraction of sp³-hybridized carbons (Fsp3) is 0.474. The predicted octanol–water partition coefficient (Wildman–Crippen LogP) is 3.49. The van der Waals surface area contributed by atoms with Gasteiger partial charge in [-0.15, -0.1) is 11.3 Å². The first-order valence-electron chi connectivity index (χ1n) is 9.17. The van der Waals surface area contributed by atoms with Crippen LogP contribution in [0.1, 0.15) is 30.2 Å². The summed E-state index contributed by atoms with van der Waals surface area (Å²) in [5.74, 6) is 2.33. The van der Waals surface area contributed by atoms with E-state index in [-0.39, 0.29) is 0 Å². The normalized spacial score (nSPS) is 14.0. The fourth-order valence-corrected chi connectivity index (χ4v) is 3.43. The van der Waals surface area contributed by atoms with Crippen LogP contribution >= 0.6 is 11.3 Å². The van der Waals surface area contributed by atoms with E-state index >= 15 is 0 Å². The van der Waals surface area contributed by atoms with Gasteiger partial charge in [-0.25, -0.2) is 4.98 Å². The quantitative estimate of drug-likeness (QED) is 0.598. The van der Waals surface area contributed by atoms with Crippen molar-refractivity contribution in [3.05, 3.63) is 34.3 Å². The Morgan fingerprint density at radius 2 is 2.08 bits per heavy atom. The van der Waals surface area contributed by atoms with Gasteiger partial charge < -0.3 is 20.1 Å². The molecule has 0 bridgehead atoms. The number of aliphatic imine (C=N–C) groups is 1. The zero-order chi connectivity index (χ0) is 18.2. The molecule has 1 aromatic heterocycles. The second kappa shape index (κ2) is 9.43. The average molecular weight is 375 g/mol. The Kier molecular flexibility index (Phi) is 6.71. The monoisotopic (exact) mass is 374 g/mol. The third-order valence-electron chi connectivity index (χ3n) is 3.90. The Morgan fingerprint density at radius 3 is 2.85 bits per heavy atom. The minimum atomic E-state index is 0.679. The van der Waals surface area contributed by atoms with Crippen molar-refractivity contribution < 1.29 is 9.47 Å². The second-order valence-electron chi connectivity index (χ2n) is 5.92. The van der Waals surface area contributed by atoms with Crippen molar-refractivity contribution in [1.29, 1.82) is 0 Å². The van der Waals surface area contributed by atoms with E-state index in [1.54, 1.807) is 11.3 Å². The van der Waals surface area contributed by atoms with Crippen molar-refractivity contribution in [1.82, 2.24) is 10.3 Å². The van der Waals surface area contributed by atoms with Gasteiger partial charge in [-0.05, 0) is 25.5 Å². The molecule has 0 fully saturated rings. The van der Waals surface area contributed by atoms with Gasteiger partial charge in [-0.1, -0.05) is 6.92 Å². The van der Waals surface area contributed by atoms with Gasteiger partial charge in [0.1, 0.15) is 0 Å². The SMILES string of the molecule is CCNC(=NCCc1ncc(CC)s1)Nc1ccc2c(c1)OCCCO2. The molecule has 0 amide bonds. The molecular formula is C19H26N4O2S. The molecule has 0 atom stereocenters. The van der Waals surface area contributed by atoms with Gasteiger partial charge in [-0.2, -0.15) is 0 Å². The van der Waals surface area contributed by atoms with Crippen LogP contribution in [-0.2, 0) is 12.8 Å². The largest absolute Gasteiger partial charge is 0.490 e. The minimum absolute atomic E-state index is 0.679. The Labute approximate surface area is 158 Å². The van der Waals surface area contributed by atoms with Gasteiger partial charge in [0.2, 0.25) is 0 Å². The minimum Gasteiger partial charge on any atom is -0.490 e. The van der Waals surface area contributed by atoms with Gasteiger partial charge >= 0.3 is 0 Å². The molecule has 1 aliphatic rings. The number of anilines is 1. The van der Waals surface area contributed by atoms with Crippen LogP contribution < -0.4 is 20.1 Å². The third-order valence-corrected chi connectivity index (χ3v) is 5.10. The number of fused-ring (bicyclic) bond motifs is 1. The molecule has 0 radical (unpaired) electrons. The number of hydrogen-bond donors (Lipinski definition) is 2. The first-order valence-corrected chi connectivity index (χ1v) is 9.98. The third kappa shape index (κ3) is 5.11. The Bertz CT molecular complexity index is 745. The van der Waals surface area contributed by atoms with Crippen LogP contribution in [0.25, 0.3) is 0 Å². The van der Waals surface area contributed by atoms with Gasteiger partial charge in [-0.3, -0.25) is 4.99 Å². The molecule has 0 unspecified atom stereocenters. The zero-order valence-electron chi connectivity index (χ0n) is 15.4. The van der Waals surface area contributed by atoms with E-state index in [0.29, 0.717) is 19.8 Å². The van der Waals surface area contributed by atoms with Crippen molar-refractivity contribution in [2.24, 2.45) is 4.99 Å². The maximum Gasteiger partial charge on any atom is 0.195 e. The topological polar surface area (TPSA) is 67.8 Å². The summed E-state index contributed by atoms with van der Waals surface area (Å²) in [6.45, 7) is 7.07. The molecule has 0 saturated carbocycles. The van der Waals surface area contributed by atoms with E-state index in [1.807, 2.05) is 24.4 Å². The summed E-state index contributed by atoms with van der Waals surface area (Å²) in [6.07, 6.45) is 4.75. The van der Waals surface area contributed by atoms with E-state index in [0.717, 1.165) is 54.0 Å². The Morgan fingerprint density at radius 1 is 1.23 bits per heavy atom. The molecule has 0 aliphatic carbocycles. The van der Waals surface area contributed by atoms with E-state index in [4.69, 9.17) is 9.47 Å². The van der Waals surface area contributed by atoms with Crippen LogP contribution in [0, 0.1) is 0 Å². The molecule has 1 aromatic carbocycles. The highest BCUT2D eigenvalue weighted by Gasteiger charge is 2.11. The smallest absolute Gasteiger partial charge is 0.195 e. The molecule has 1 aliphatic heterocycles. The summed E-state index contributed by atoms with van der Waals surface area (Å²) in [6, 6.07) is 5.88. The lowest BCUT2D eigenvalue weighted by Gasteiger charge is -2.13. The number of guanidine groups is 1. The maximum absolute atomic E-state index is 5.75. The first kappa shape index (κ1) is 18.5. The van der Waals surface area contributed by atoms with Crippen molar-refractivity contribution >= 4 is 23.0 Å². The van der Waals surface area contributed by atoms with Crippen LogP contribution in [0.4, 0.5) is 5.69 Å². The molecule has 0 spiro atoms. The summed E-state index contributed by atoms with van der Waals surface area (Å²) in [4.78, 5) is 10.4. The molecular weight excluding hydrogens is 348 g/mol. The standard InChI is InChI=1S/C19H26N4O2S/c1-3-15-13-22-18(26-15)8-9-21-19(20-4-2)23-14-6-7-16-17(12-14)25-11-5-10-24-16/h6-7,12-13H,3-5,8-11H2,1-2H3,(H2,20,21,23). The van der Waals surface area contributed by atoms with E-state index < -0.39 is 0 Å². The summed E-state index contributed by atoms with van der Waals surface area (Å²) in [5, 5.41) is 7.75. The van der Waals surface area contributed by atoms with Crippen LogP contribution in [-0.4, -0.2) is 37.2 Å². The number of aromatic nitrogens is 1. The molecule has 2 aromatic rings. The van der Waals surface area contributed by atoms with E-state index in [9.17, 15) is 0 Å².